The van der Waals surface area contributed by atoms with E-state index in [1.807, 2.05) is 55.5 Å². The number of nitrogens with one attached hydrogen (secondary N) is 1. The largest absolute Gasteiger partial charge is 0.618 e. The number of ether oxygens (including phenoxy) is 2. The van der Waals surface area contributed by atoms with Crippen LogP contribution >= 0.6 is 11.6 Å². The van der Waals surface area contributed by atoms with Gasteiger partial charge in [-0.25, -0.2) is 0 Å². The number of pyridine rings is 1. The number of aryl methyl sites for hydroxylation is 1. The van der Waals surface area contributed by atoms with Crippen molar-refractivity contribution in [3.8, 4) is 11.5 Å². The minimum absolute atomic E-state index is 0.169. The molecule has 2 aliphatic heterocycles. The molecular weight excluding hydrogens is 502 g/mol. The summed E-state index contributed by atoms with van der Waals surface area (Å²) in [5.74, 6) is 0.625. The molecule has 2 aromatic carbocycles. The second kappa shape index (κ2) is 10.8. The number of piperidine rings is 1. The van der Waals surface area contributed by atoms with E-state index in [4.69, 9.17) is 21.1 Å². The van der Waals surface area contributed by atoms with Crippen molar-refractivity contribution in [2.24, 2.45) is 5.92 Å². The summed E-state index contributed by atoms with van der Waals surface area (Å²) in [5, 5.41) is 15.6. The summed E-state index contributed by atoms with van der Waals surface area (Å²) in [6, 6.07) is 17.6. The first-order valence-corrected chi connectivity index (χ1v) is 13.6. The number of amides is 1. The van der Waals surface area contributed by atoms with Crippen molar-refractivity contribution in [2.45, 2.75) is 51.9 Å². The number of nitrogens with zero attached hydrogens (tertiary/aromatic N) is 2. The molecule has 2 aliphatic rings. The smallest absolute Gasteiger partial charge is 0.281 e. The topological polar surface area (TPSA) is 77.7 Å². The molecule has 1 unspecified atom stereocenters. The molecule has 7 nitrogen and oxygen atoms in total. The van der Waals surface area contributed by atoms with Gasteiger partial charge in [0.15, 0.2) is 17.7 Å². The highest BCUT2D eigenvalue weighted by atomic mass is 35.5. The molecule has 0 radical (unpaired) electrons. The predicted molar refractivity (Wildman–Crippen MR) is 146 cm³/mol. The van der Waals surface area contributed by atoms with Gasteiger partial charge in [-0.1, -0.05) is 23.7 Å². The lowest BCUT2D eigenvalue weighted by molar-refractivity contribution is -0.612. The summed E-state index contributed by atoms with van der Waals surface area (Å²) in [7, 11) is 0. The summed E-state index contributed by atoms with van der Waals surface area (Å²) in [4.78, 5) is 15.2. The molecular formula is C30H34ClN3O4. The Balaban J connectivity index is 1.20. The predicted octanol–water partition coefficient (Wildman–Crippen LogP) is 5.14. The maximum atomic E-state index is 12.8. The Bertz CT molecular complexity index is 1280. The summed E-state index contributed by atoms with van der Waals surface area (Å²) in [5.41, 5.74) is 2.65. The standard InChI is InChI=1S/C30H34ClN3O4/c1-20-13-19-34(36)22(3)28(20)29(35)32-16-12-21(2)33-17-14-24(15-18-33)30(23-8-10-25(31)11-9-23)37-26-6-4-5-7-27(26)38-30/h4-11,13,19,21,24H,12,14-18H2,1-3H3,(H,32,35). The average molecular weight is 536 g/mol. The zero-order chi connectivity index (χ0) is 26.9. The molecule has 1 fully saturated rings. The van der Waals surface area contributed by atoms with Gasteiger partial charge >= 0.3 is 0 Å². The van der Waals surface area contributed by atoms with E-state index in [-0.39, 0.29) is 11.8 Å². The molecule has 1 aromatic heterocycles. The third-order valence-electron chi connectivity index (χ3n) is 7.93. The SMILES string of the molecule is Cc1cc[n+]([O-])c(C)c1C(=O)NCCC(C)N1CCC(C2(c3ccc(Cl)cc3)Oc3ccccc3O2)CC1. The van der Waals surface area contributed by atoms with Gasteiger partial charge in [-0.2, -0.15) is 4.73 Å². The van der Waals surface area contributed by atoms with Crippen molar-refractivity contribution in [3.63, 3.8) is 0 Å². The van der Waals surface area contributed by atoms with Gasteiger partial charge in [0.1, 0.15) is 5.56 Å². The Hall–Kier alpha value is -3.29. The molecule has 0 bridgehead atoms. The molecule has 5 rings (SSSR count). The van der Waals surface area contributed by atoms with Gasteiger partial charge in [-0.05, 0) is 88.2 Å². The average Bonchev–Trinajstić information content (AvgIpc) is 3.32. The van der Waals surface area contributed by atoms with E-state index in [0.29, 0.717) is 28.9 Å². The van der Waals surface area contributed by atoms with Gasteiger partial charge < -0.3 is 24.9 Å². The number of fused-ring (bicyclic) bond motifs is 1. The second-order valence-corrected chi connectivity index (χ2v) is 10.8. The first-order valence-electron chi connectivity index (χ1n) is 13.2. The molecule has 8 heteroatoms. The monoisotopic (exact) mass is 535 g/mol. The van der Waals surface area contributed by atoms with Gasteiger partial charge in [-0.15, -0.1) is 0 Å². The van der Waals surface area contributed by atoms with Crippen LogP contribution < -0.4 is 19.5 Å². The van der Waals surface area contributed by atoms with E-state index in [1.165, 1.54) is 6.20 Å². The molecule has 0 saturated carbocycles. The van der Waals surface area contributed by atoms with E-state index >= 15 is 0 Å². The van der Waals surface area contributed by atoms with Crippen LogP contribution in [0.3, 0.4) is 0 Å². The number of likely N-dealkylation sites (tertiary alicyclic amines) is 1. The van der Waals surface area contributed by atoms with Crippen molar-refractivity contribution in [1.29, 1.82) is 0 Å². The highest BCUT2D eigenvalue weighted by Gasteiger charge is 2.51. The molecule has 0 aliphatic carbocycles. The van der Waals surface area contributed by atoms with Crippen molar-refractivity contribution < 1.29 is 19.0 Å². The number of para-hydroxylation sites is 2. The second-order valence-electron chi connectivity index (χ2n) is 10.3. The van der Waals surface area contributed by atoms with Gasteiger partial charge in [0, 0.05) is 42.1 Å². The normalized spacial score (nSPS) is 17.8. The van der Waals surface area contributed by atoms with E-state index in [9.17, 15) is 10.0 Å². The minimum Gasteiger partial charge on any atom is -0.618 e. The summed E-state index contributed by atoms with van der Waals surface area (Å²) < 4.78 is 13.9. The highest BCUT2D eigenvalue weighted by molar-refractivity contribution is 6.30. The van der Waals surface area contributed by atoms with E-state index < -0.39 is 5.79 Å². The van der Waals surface area contributed by atoms with Crippen LogP contribution in [0.4, 0.5) is 0 Å². The zero-order valence-corrected chi connectivity index (χ0v) is 22.8. The fourth-order valence-electron chi connectivity index (χ4n) is 5.67. The van der Waals surface area contributed by atoms with Gasteiger partial charge in [-0.3, -0.25) is 4.79 Å². The minimum atomic E-state index is -0.874. The third-order valence-corrected chi connectivity index (χ3v) is 8.18. The number of hydrogen-bond donors (Lipinski definition) is 1. The molecule has 3 heterocycles. The van der Waals surface area contributed by atoms with Gasteiger partial charge in [0.2, 0.25) is 5.69 Å². The molecule has 3 aromatic rings. The lowest BCUT2D eigenvalue weighted by Gasteiger charge is -2.42. The third kappa shape index (κ3) is 5.05. The number of halogens is 1. The Morgan fingerprint density at radius 3 is 2.37 bits per heavy atom. The molecule has 0 spiro atoms. The van der Waals surface area contributed by atoms with Crippen LogP contribution in [-0.2, 0) is 5.79 Å². The van der Waals surface area contributed by atoms with Crippen LogP contribution in [-0.4, -0.2) is 36.5 Å². The first-order chi connectivity index (χ1) is 18.3. The van der Waals surface area contributed by atoms with Crippen LogP contribution in [0.15, 0.2) is 60.8 Å². The van der Waals surface area contributed by atoms with Crippen LogP contribution in [0.25, 0.3) is 0 Å². The summed E-state index contributed by atoms with van der Waals surface area (Å²) in [6.07, 6.45) is 4.09. The maximum absolute atomic E-state index is 12.8. The summed E-state index contributed by atoms with van der Waals surface area (Å²) in [6.45, 7) is 8.08. The van der Waals surface area contributed by atoms with Crippen LogP contribution in [0.5, 0.6) is 11.5 Å². The van der Waals surface area contributed by atoms with E-state index in [2.05, 4.69) is 17.1 Å². The van der Waals surface area contributed by atoms with Crippen molar-refractivity contribution in [2.75, 3.05) is 19.6 Å². The van der Waals surface area contributed by atoms with Crippen LogP contribution in [0.2, 0.25) is 5.02 Å². The lowest BCUT2D eigenvalue weighted by Crippen LogP contribution is -2.50. The van der Waals surface area contributed by atoms with Crippen LogP contribution in [0.1, 0.15) is 53.4 Å². The van der Waals surface area contributed by atoms with Gasteiger partial charge in [0.25, 0.3) is 11.7 Å². The number of carbonyl (C=O) groups is 1. The Morgan fingerprint density at radius 1 is 1.11 bits per heavy atom. The van der Waals surface area contributed by atoms with Gasteiger partial charge in [0.05, 0.1) is 0 Å². The molecule has 200 valence electrons. The Kier molecular flexibility index (Phi) is 7.50. The van der Waals surface area contributed by atoms with E-state index in [1.54, 1.807) is 13.0 Å². The fraction of sp³-hybridized carbons (Fsp3) is 0.400. The molecule has 1 saturated heterocycles. The quantitative estimate of drug-likeness (QED) is 0.335. The number of hydrogen-bond acceptors (Lipinski definition) is 5. The summed E-state index contributed by atoms with van der Waals surface area (Å²) >= 11 is 6.18. The van der Waals surface area contributed by atoms with Crippen molar-refractivity contribution in [3.05, 3.63) is 93.4 Å². The molecule has 38 heavy (non-hydrogen) atoms. The van der Waals surface area contributed by atoms with E-state index in [0.717, 1.165) is 59.7 Å². The number of benzene rings is 2. The zero-order valence-electron chi connectivity index (χ0n) is 22.1. The highest BCUT2D eigenvalue weighted by Crippen LogP contribution is 2.50. The van der Waals surface area contributed by atoms with Crippen LogP contribution in [0, 0.1) is 25.0 Å². The van der Waals surface area contributed by atoms with Crippen molar-refractivity contribution >= 4 is 17.5 Å². The Labute approximate surface area is 228 Å². The lowest BCUT2D eigenvalue weighted by atomic mass is 9.83. The number of rotatable bonds is 7. The number of carbonyl (C=O) groups excluding carboxylic acids is 1. The molecule has 1 amide bonds. The maximum Gasteiger partial charge on any atom is 0.281 e. The first kappa shape index (κ1) is 26.3. The fourth-order valence-corrected chi connectivity index (χ4v) is 5.79. The molecule has 1 N–H and O–H groups in total. The molecule has 1 atom stereocenters. The number of aromatic nitrogens is 1. The Morgan fingerprint density at radius 2 is 1.74 bits per heavy atom. The van der Waals surface area contributed by atoms with Crippen molar-refractivity contribution in [1.82, 2.24) is 10.2 Å².